The van der Waals surface area contributed by atoms with Gasteiger partial charge in [0.1, 0.15) is 11.9 Å². The van der Waals surface area contributed by atoms with Crippen LogP contribution in [0.4, 0.5) is 4.79 Å². The van der Waals surface area contributed by atoms with Crippen molar-refractivity contribution >= 4 is 12.4 Å². The topological polar surface area (TPSA) is 66.8 Å². The van der Waals surface area contributed by atoms with Crippen molar-refractivity contribution in [2.75, 3.05) is 19.7 Å². The molecule has 1 fully saturated rings. The van der Waals surface area contributed by atoms with Crippen LogP contribution >= 0.6 is 0 Å². The van der Waals surface area contributed by atoms with Crippen molar-refractivity contribution in [3.8, 4) is 0 Å². The lowest BCUT2D eigenvalue weighted by Crippen LogP contribution is -2.50. The minimum atomic E-state index is -0.810. The van der Waals surface area contributed by atoms with E-state index >= 15 is 0 Å². The average molecular weight is 243 g/mol. The van der Waals surface area contributed by atoms with Gasteiger partial charge in [-0.3, -0.25) is 0 Å². The van der Waals surface area contributed by atoms with Gasteiger partial charge in [-0.2, -0.15) is 0 Å². The van der Waals surface area contributed by atoms with Gasteiger partial charge in [-0.05, 0) is 33.6 Å². The van der Waals surface area contributed by atoms with Crippen LogP contribution in [0, 0.1) is 5.41 Å². The minimum absolute atomic E-state index is 0.226. The molecule has 0 aliphatic carbocycles. The molecule has 98 valence electrons. The van der Waals surface area contributed by atoms with E-state index in [0.29, 0.717) is 19.4 Å². The van der Waals surface area contributed by atoms with Gasteiger partial charge in [0.25, 0.3) is 0 Å². The molecule has 1 rings (SSSR count). The molecule has 1 aliphatic rings. The lowest BCUT2D eigenvalue weighted by molar-refractivity contribution is -0.121. The molecule has 1 heterocycles. The van der Waals surface area contributed by atoms with Crippen molar-refractivity contribution < 1.29 is 19.4 Å². The van der Waals surface area contributed by atoms with Crippen LogP contribution in [-0.2, 0) is 9.53 Å². The fraction of sp³-hybridized carbons (Fsp3) is 0.833. The molecule has 5 nitrogen and oxygen atoms in total. The molecule has 1 unspecified atom stereocenters. The van der Waals surface area contributed by atoms with Gasteiger partial charge in [-0.15, -0.1) is 0 Å². The first-order valence-corrected chi connectivity index (χ1v) is 5.87. The smallest absolute Gasteiger partial charge is 0.410 e. The van der Waals surface area contributed by atoms with Gasteiger partial charge < -0.3 is 19.5 Å². The number of likely N-dealkylation sites (tertiary alicyclic amines) is 1. The summed E-state index contributed by atoms with van der Waals surface area (Å²) in [4.78, 5) is 24.4. The summed E-state index contributed by atoms with van der Waals surface area (Å²) in [6.07, 6.45) is 1.66. The monoisotopic (exact) mass is 243 g/mol. The summed E-state index contributed by atoms with van der Waals surface area (Å²) in [5, 5.41) is 9.26. The Balaban J connectivity index is 2.66. The normalized spacial score (nSPS) is 25.5. The van der Waals surface area contributed by atoms with Crippen LogP contribution in [0.1, 0.15) is 33.6 Å². The molecule has 1 amide bonds. The largest absolute Gasteiger partial charge is 0.444 e. The summed E-state index contributed by atoms with van der Waals surface area (Å²) in [5.41, 5.74) is -1.35. The molecule has 0 aromatic rings. The number of hydrogen-bond donors (Lipinski definition) is 1. The molecule has 0 saturated carbocycles. The van der Waals surface area contributed by atoms with Gasteiger partial charge in [0.2, 0.25) is 0 Å². The van der Waals surface area contributed by atoms with Gasteiger partial charge >= 0.3 is 6.09 Å². The Bertz CT molecular complexity index is 297. The zero-order chi connectivity index (χ0) is 13.1. The second-order valence-corrected chi connectivity index (χ2v) is 5.64. The van der Waals surface area contributed by atoms with E-state index in [1.54, 1.807) is 20.8 Å². The van der Waals surface area contributed by atoms with E-state index in [2.05, 4.69) is 0 Å². The van der Waals surface area contributed by atoms with Crippen LogP contribution in [-0.4, -0.2) is 47.7 Å². The standard InChI is InChI=1S/C12H21NO4/c1-11(2,3)17-10(16)13-6-4-5-12(7-13,8-14)9-15/h8,15H,4-7,9H2,1-3H3. The summed E-state index contributed by atoms with van der Waals surface area (Å²) >= 11 is 0. The number of aldehydes is 1. The highest BCUT2D eigenvalue weighted by atomic mass is 16.6. The SMILES string of the molecule is CC(C)(C)OC(=O)N1CCCC(C=O)(CO)C1. The molecular weight excluding hydrogens is 222 g/mol. The van der Waals surface area contributed by atoms with Crippen molar-refractivity contribution in [2.45, 2.75) is 39.2 Å². The first-order chi connectivity index (χ1) is 7.82. The van der Waals surface area contributed by atoms with Crippen LogP contribution in [0.3, 0.4) is 0 Å². The highest BCUT2D eigenvalue weighted by molar-refractivity contribution is 5.70. The fourth-order valence-corrected chi connectivity index (χ4v) is 1.91. The zero-order valence-corrected chi connectivity index (χ0v) is 10.7. The maximum absolute atomic E-state index is 11.8. The summed E-state index contributed by atoms with van der Waals surface area (Å²) < 4.78 is 5.25. The predicted octanol–water partition coefficient (Wildman–Crippen LogP) is 1.19. The maximum atomic E-state index is 11.8. The van der Waals surface area contributed by atoms with Crippen LogP contribution in [0.15, 0.2) is 0 Å². The Morgan fingerprint density at radius 3 is 2.65 bits per heavy atom. The van der Waals surface area contributed by atoms with Gasteiger partial charge in [0.05, 0.1) is 12.0 Å². The first-order valence-electron chi connectivity index (χ1n) is 5.87. The Kier molecular flexibility index (Phi) is 4.14. The number of rotatable bonds is 2. The number of hydrogen-bond acceptors (Lipinski definition) is 4. The van der Waals surface area contributed by atoms with Gasteiger partial charge in [0, 0.05) is 13.1 Å². The fourth-order valence-electron chi connectivity index (χ4n) is 1.91. The van der Waals surface area contributed by atoms with Crippen LogP contribution in [0.25, 0.3) is 0 Å². The summed E-state index contributed by atoms with van der Waals surface area (Å²) in [6.45, 7) is 5.98. The molecule has 5 heteroatoms. The number of nitrogens with zero attached hydrogens (tertiary/aromatic N) is 1. The van der Waals surface area contributed by atoms with Crippen molar-refractivity contribution in [3.05, 3.63) is 0 Å². The highest BCUT2D eigenvalue weighted by Crippen LogP contribution is 2.28. The summed E-state index contributed by atoms with van der Waals surface area (Å²) in [7, 11) is 0. The number of aliphatic hydroxyl groups excluding tert-OH is 1. The van der Waals surface area contributed by atoms with Crippen molar-refractivity contribution in [1.29, 1.82) is 0 Å². The zero-order valence-electron chi connectivity index (χ0n) is 10.7. The van der Waals surface area contributed by atoms with E-state index in [1.807, 2.05) is 0 Å². The van der Waals surface area contributed by atoms with Crippen molar-refractivity contribution in [3.63, 3.8) is 0 Å². The molecule has 0 aromatic heterocycles. The average Bonchev–Trinajstić information content (AvgIpc) is 2.27. The van der Waals surface area contributed by atoms with Gasteiger partial charge in [0.15, 0.2) is 0 Å². The molecule has 0 radical (unpaired) electrons. The van der Waals surface area contributed by atoms with E-state index < -0.39 is 17.1 Å². The third kappa shape index (κ3) is 3.70. The van der Waals surface area contributed by atoms with Crippen LogP contribution < -0.4 is 0 Å². The highest BCUT2D eigenvalue weighted by Gasteiger charge is 2.37. The second-order valence-electron chi connectivity index (χ2n) is 5.64. The second kappa shape index (κ2) is 5.04. The number of aliphatic hydroxyl groups is 1. The van der Waals surface area contributed by atoms with Crippen molar-refractivity contribution in [2.24, 2.45) is 5.41 Å². The first kappa shape index (κ1) is 14.0. The molecule has 0 aromatic carbocycles. The third-order valence-electron chi connectivity index (χ3n) is 2.83. The van der Waals surface area contributed by atoms with Crippen LogP contribution in [0.2, 0.25) is 0 Å². The summed E-state index contributed by atoms with van der Waals surface area (Å²) in [5.74, 6) is 0. The molecule has 17 heavy (non-hydrogen) atoms. The molecule has 1 N–H and O–H groups in total. The molecule has 1 atom stereocenters. The van der Waals surface area contributed by atoms with E-state index in [-0.39, 0.29) is 13.2 Å². The number of ether oxygens (including phenoxy) is 1. The predicted molar refractivity (Wildman–Crippen MR) is 62.6 cm³/mol. The number of carbonyl (C=O) groups is 2. The van der Waals surface area contributed by atoms with Crippen molar-refractivity contribution in [1.82, 2.24) is 4.90 Å². The van der Waals surface area contributed by atoms with Gasteiger partial charge in [-0.25, -0.2) is 4.79 Å². The molecule has 0 bridgehead atoms. The Labute approximate surface area is 102 Å². The Hall–Kier alpha value is -1.10. The number of piperidine rings is 1. The number of carbonyl (C=O) groups excluding carboxylic acids is 2. The third-order valence-corrected chi connectivity index (χ3v) is 2.83. The van der Waals surface area contributed by atoms with Crippen LogP contribution in [0.5, 0.6) is 0 Å². The van der Waals surface area contributed by atoms with E-state index in [1.165, 1.54) is 4.90 Å². The van der Waals surface area contributed by atoms with E-state index in [4.69, 9.17) is 4.74 Å². The van der Waals surface area contributed by atoms with E-state index in [9.17, 15) is 14.7 Å². The maximum Gasteiger partial charge on any atom is 0.410 e. The molecule has 1 aliphatic heterocycles. The molecule has 1 saturated heterocycles. The lowest BCUT2D eigenvalue weighted by Gasteiger charge is -2.38. The summed E-state index contributed by atoms with van der Waals surface area (Å²) in [6, 6.07) is 0. The number of amides is 1. The van der Waals surface area contributed by atoms with Gasteiger partial charge in [-0.1, -0.05) is 0 Å². The molecular formula is C12H21NO4. The Morgan fingerprint density at radius 2 is 2.18 bits per heavy atom. The minimum Gasteiger partial charge on any atom is -0.444 e. The quantitative estimate of drug-likeness (QED) is 0.740. The molecule has 0 spiro atoms. The Morgan fingerprint density at radius 1 is 1.53 bits per heavy atom. The lowest BCUT2D eigenvalue weighted by atomic mass is 9.82. The van der Waals surface area contributed by atoms with E-state index in [0.717, 1.165) is 6.29 Å².